The number of hydrogen-bond acceptors (Lipinski definition) is 7. The number of likely N-dealkylation sites (tertiary alicyclic amines) is 1. The molecule has 3 unspecified atom stereocenters. The zero-order valence-electron chi connectivity index (χ0n) is 29.2. The minimum atomic E-state index is -3.56. The maximum atomic E-state index is 14.3. The number of unbranched alkanes of at least 4 members (excludes halogenated alkanes) is 1. The molecule has 2 aliphatic carbocycles. The third kappa shape index (κ3) is 8.05. The Morgan fingerprint density at radius 1 is 0.957 bits per heavy atom. The van der Waals surface area contributed by atoms with Crippen LogP contribution in [0.2, 0.25) is 0 Å². The summed E-state index contributed by atoms with van der Waals surface area (Å²) in [5, 5.41) is 8.57. The van der Waals surface area contributed by atoms with Crippen molar-refractivity contribution in [1.82, 2.24) is 20.9 Å². The molecule has 3 rings (SSSR count). The maximum Gasteiger partial charge on any atom is 0.315 e. The Kier molecular flexibility index (Phi) is 11.0. The number of carbonyl (C=O) groups is 5. The zero-order chi connectivity index (χ0) is 35.0. The molecule has 0 aromatic heterocycles. The predicted octanol–water partition coefficient (Wildman–Crippen LogP) is 2.83. The van der Waals surface area contributed by atoms with Crippen molar-refractivity contribution in [3.8, 4) is 0 Å². The van der Waals surface area contributed by atoms with Crippen LogP contribution in [0, 0.1) is 22.7 Å². The lowest BCUT2D eigenvalue weighted by Crippen LogP contribution is -2.64. The molecule has 0 spiro atoms. The summed E-state index contributed by atoms with van der Waals surface area (Å²) >= 11 is 0. The number of nitrogens with one attached hydrogen (secondary N) is 3. The first-order valence-electron chi connectivity index (χ1n) is 16.7. The van der Waals surface area contributed by atoms with Crippen molar-refractivity contribution in [3.63, 3.8) is 0 Å². The number of hydrogen-bond donors (Lipinski definition) is 4. The number of nitrogens with two attached hydrogens (primary N) is 1. The molecule has 5 N–H and O–H groups in total. The highest BCUT2D eigenvalue weighted by Gasteiger charge is 2.70. The summed E-state index contributed by atoms with van der Waals surface area (Å²) in [5.74, 6) is -3.25. The summed E-state index contributed by atoms with van der Waals surface area (Å²) in [6.07, 6.45) is 5.13. The summed E-state index contributed by atoms with van der Waals surface area (Å²) in [7, 11) is -3.56. The van der Waals surface area contributed by atoms with E-state index in [0.29, 0.717) is 25.8 Å². The van der Waals surface area contributed by atoms with Gasteiger partial charge in [0.05, 0.1) is 22.1 Å². The van der Waals surface area contributed by atoms with Crippen LogP contribution in [0.15, 0.2) is 0 Å². The molecule has 13 heteroatoms. The molecule has 262 valence electrons. The van der Waals surface area contributed by atoms with Crippen LogP contribution in [-0.2, 0) is 29.0 Å². The Morgan fingerprint density at radius 2 is 1.54 bits per heavy atom. The normalized spacial score (nSPS) is 25.1. The van der Waals surface area contributed by atoms with Crippen LogP contribution < -0.4 is 21.7 Å². The second-order valence-corrected chi connectivity index (χ2v) is 19.2. The minimum absolute atomic E-state index is 0.0516. The molecule has 1 aliphatic heterocycles. The number of amides is 5. The number of fused-ring (bicyclic) bond motifs is 1. The van der Waals surface area contributed by atoms with E-state index in [9.17, 15) is 32.4 Å². The zero-order valence-corrected chi connectivity index (χ0v) is 30.1. The molecule has 3 aliphatic rings. The Morgan fingerprint density at radius 3 is 2.04 bits per heavy atom. The lowest BCUT2D eigenvalue weighted by molar-refractivity contribution is -0.145. The van der Waals surface area contributed by atoms with Gasteiger partial charge < -0.3 is 26.6 Å². The lowest BCUT2D eigenvalue weighted by atomic mass is 9.83. The quantitative estimate of drug-likeness (QED) is 0.231. The summed E-state index contributed by atoms with van der Waals surface area (Å²) in [4.78, 5) is 67.6. The number of primary amides is 1. The molecule has 0 aromatic rings. The smallest absolute Gasteiger partial charge is 0.315 e. The highest BCUT2D eigenvalue weighted by molar-refractivity contribution is 7.92. The molecule has 0 radical (unpaired) electrons. The average molecular weight is 668 g/mol. The second kappa shape index (κ2) is 13.4. The van der Waals surface area contributed by atoms with Gasteiger partial charge in [-0.1, -0.05) is 73.6 Å². The fraction of sp³-hybridized carbons (Fsp3) is 0.848. The van der Waals surface area contributed by atoms with Gasteiger partial charge in [0, 0.05) is 6.54 Å². The number of Topliss-reactive ketones (excluding diaryl/α,β-unsaturated/α-hetero) is 1. The van der Waals surface area contributed by atoms with Crippen molar-refractivity contribution >= 4 is 39.4 Å². The number of urea groups is 1. The van der Waals surface area contributed by atoms with Gasteiger partial charge in [0.2, 0.25) is 17.6 Å². The van der Waals surface area contributed by atoms with Gasteiger partial charge in [-0.2, -0.15) is 0 Å². The van der Waals surface area contributed by atoms with Crippen molar-refractivity contribution in [1.29, 1.82) is 0 Å². The molecule has 2 saturated carbocycles. The third-order valence-electron chi connectivity index (χ3n) is 10.5. The average Bonchev–Trinajstić information content (AvgIpc) is 3.24. The van der Waals surface area contributed by atoms with Crippen LogP contribution in [-0.4, -0.2) is 83.6 Å². The van der Waals surface area contributed by atoms with E-state index in [0.717, 1.165) is 25.7 Å². The standard InChI is InChI=1S/C33H57N5O7S/c1-10-11-15-21(24(39)26(34)40)35-27(41)23-22-20(32(22,8)9)18-38(23)28(42)25(30(2,3)4)36-29(43)37-33(16-13-12-14-17-33)19-46(44,45)31(5,6)7/h20-23,25H,10-19H2,1-9H3,(H2,34,40)(H,35,41)(H2,36,37,43)/t20?,21?,22?,23-,25+/m0/s1. The molecule has 12 nitrogen and oxygen atoms in total. The molecule has 0 aromatic carbocycles. The fourth-order valence-electron chi connectivity index (χ4n) is 7.26. The SMILES string of the molecule is CCCCC(NC(=O)[C@@H]1C2C(CN1C(=O)[C@@H](NC(=O)NC1(CS(=O)(=O)C(C)(C)C)CCCCC1)C(C)(C)C)C2(C)C)C(=O)C(N)=O. The molecule has 5 amide bonds. The van der Waals surface area contributed by atoms with Crippen molar-refractivity contribution in [3.05, 3.63) is 0 Å². The van der Waals surface area contributed by atoms with Crippen LogP contribution in [0.25, 0.3) is 0 Å². The molecule has 0 bridgehead atoms. The van der Waals surface area contributed by atoms with Crippen LogP contribution in [0.4, 0.5) is 4.79 Å². The van der Waals surface area contributed by atoms with Crippen LogP contribution in [0.1, 0.15) is 114 Å². The highest BCUT2D eigenvalue weighted by Crippen LogP contribution is 2.65. The Bertz CT molecular complexity index is 1310. The Balaban J connectivity index is 1.86. The Hall–Kier alpha value is -2.70. The predicted molar refractivity (Wildman–Crippen MR) is 176 cm³/mol. The van der Waals surface area contributed by atoms with Gasteiger partial charge >= 0.3 is 6.03 Å². The van der Waals surface area contributed by atoms with Crippen LogP contribution >= 0.6 is 0 Å². The van der Waals surface area contributed by atoms with Gasteiger partial charge in [0.15, 0.2) is 9.84 Å². The summed E-state index contributed by atoms with van der Waals surface area (Å²) in [5.41, 5.74) is 3.34. The number of sulfone groups is 1. The van der Waals surface area contributed by atoms with E-state index in [1.54, 1.807) is 20.8 Å². The molecular weight excluding hydrogens is 610 g/mol. The van der Waals surface area contributed by atoms with Crippen molar-refractivity contribution < 1.29 is 32.4 Å². The summed E-state index contributed by atoms with van der Waals surface area (Å²) in [6.45, 7) is 16.7. The van der Waals surface area contributed by atoms with Gasteiger partial charge in [0.1, 0.15) is 12.1 Å². The van der Waals surface area contributed by atoms with E-state index in [1.807, 2.05) is 41.5 Å². The lowest BCUT2D eigenvalue weighted by Gasteiger charge is -2.41. The topological polar surface area (TPSA) is 185 Å². The van der Waals surface area contributed by atoms with Crippen molar-refractivity contribution in [2.45, 2.75) is 142 Å². The van der Waals surface area contributed by atoms with E-state index in [2.05, 4.69) is 16.0 Å². The number of rotatable bonds is 12. The van der Waals surface area contributed by atoms with Crippen molar-refractivity contribution in [2.24, 2.45) is 28.4 Å². The van der Waals surface area contributed by atoms with Gasteiger partial charge in [-0.05, 0) is 62.7 Å². The summed E-state index contributed by atoms with van der Waals surface area (Å²) < 4.78 is 25.5. The second-order valence-electron chi connectivity index (χ2n) is 16.4. The minimum Gasteiger partial charge on any atom is -0.363 e. The summed E-state index contributed by atoms with van der Waals surface area (Å²) in [6, 6.07) is -3.64. The van der Waals surface area contributed by atoms with E-state index >= 15 is 0 Å². The molecule has 46 heavy (non-hydrogen) atoms. The molecule has 3 fully saturated rings. The van der Waals surface area contributed by atoms with Crippen LogP contribution in [0.5, 0.6) is 0 Å². The first-order valence-corrected chi connectivity index (χ1v) is 18.4. The van der Waals surface area contributed by atoms with E-state index in [1.165, 1.54) is 4.90 Å². The van der Waals surface area contributed by atoms with Crippen molar-refractivity contribution in [2.75, 3.05) is 12.3 Å². The molecule has 1 saturated heterocycles. The fourth-order valence-corrected chi connectivity index (χ4v) is 8.78. The first kappa shape index (κ1) is 37.8. The number of nitrogens with zero attached hydrogens (tertiary/aromatic N) is 1. The van der Waals surface area contributed by atoms with E-state index < -0.39 is 73.2 Å². The third-order valence-corrected chi connectivity index (χ3v) is 13.3. The monoisotopic (exact) mass is 667 g/mol. The van der Waals surface area contributed by atoms with Gasteiger partial charge in [-0.25, -0.2) is 13.2 Å². The largest absolute Gasteiger partial charge is 0.363 e. The number of ketones is 1. The van der Waals surface area contributed by atoms with Gasteiger partial charge in [0.25, 0.3) is 5.91 Å². The maximum absolute atomic E-state index is 14.3. The molecule has 5 atom stereocenters. The highest BCUT2D eigenvalue weighted by atomic mass is 32.2. The van der Waals surface area contributed by atoms with Crippen LogP contribution in [0.3, 0.4) is 0 Å². The number of carbonyl (C=O) groups excluding carboxylic acids is 5. The number of piperidine rings is 1. The van der Waals surface area contributed by atoms with Gasteiger partial charge in [-0.15, -0.1) is 0 Å². The molecule has 1 heterocycles. The molecular formula is C33H57N5O7S. The van der Waals surface area contributed by atoms with E-state index in [4.69, 9.17) is 5.73 Å². The van der Waals surface area contributed by atoms with E-state index in [-0.39, 0.29) is 29.4 Å². The Labute approximate surface area is 275 Å². The van der Waals surface area contributed by atoms with Gasteiger partial charge in [-0.3, -0.25) is 19.2 Å². The first-order chi connectivity index (χ1) is 21.0.